The maximum Gasteiger partial charge on any atom is 0.335 e. The van der Waals surface area contributed by atoms with Crippen LogP contribution in [0.3, 0.4) is 0 Å². The molecule has 5 heteroatoms. The van der Waals surface area contributed by atoms with Crippen molar-refractivity contribution >= 4 is 17.3 Å². The van der Waals surface area contributed by atoms with Crippen LogP contribution in [0.2, 0.25) is 0 Å². The molecular formula is C19H22N2O3. The van der Waals surface area contributed by atoms with Crippen molar-refractivity contribution in [3.63, 3.8) is 0 Å². The molecule has 126 valence electrons. The largest absolute Gasteiger partial charge is 0.478 e. The number of morpholine rings is 1. The highest BCUT2D eigenvalue weighted by Crippen LogP contribution is 2.23. The fourth-order valence-electron chi connectivity index (χ4n) is 2.98. The smallest absolute Gasteiger partial charge is 0.335 e. The van der Waals surface area contributed by atoms with E-state index in [1.165, 1.54) is 11.3 Å². The van der Waals surface area contributed by atoms with Crippen molar-refractivity contribution in [3.8, 4) is 0 Å². The van der Waals surface area contributed by atoms with Gasteiger partial charge in [0.1, 0.15) is 0 Å². The number of carboxylic acid groups (broad SMARTS) is 1. The first-order valence-corrected chi connectivity index (χ1v) is 8.13. The Morgan fingerprint density at radius 3 is 2.71 bits per heavy atom. The van der Waals surface area contributed by atoms with Gasteiger partial charge >= 0.3 is 5.97 Å². The van der Waals surface area contributed by atoms with Gasteiger partial charge in [-0.3, -0.25) is 0 Å². The summed E-state index contributed by atoms with van der Waals surface area (Å²) in [5.74, 6) is -0.907. The highest BCUT2D eigenvalue weighted by atomic mass is 16.5. The van der Waals surface area contributed by atoms with Gasteiger partial charge in [0, 0.05) is 31.0 Å². The van der Waals surface area contributed by atoms with Crippen molar-refractivity contribution in [1.29, 1.82) is 0 Å². The molecule has 0 radical (unpaired) electrons. The topological polar surface area (TPSA) is 61.8 Å². The number of carbonyl (C=O) groups is 1. The summed E-state index contributed by atoms with van der Waals surface area (Å²) < 4.78 is 5.43. The molecule has 0 spiro atoms. The van der Waals surface area contributed by atoms with E-state index in [1.807, 2.05) is 25.1 Å². The third-order valence-corrected chi connectivity index (χ3v) is 4.15. The van der Waals surface area contributed by atoms with Crippen LogP contribution >= 0.6 is 0 Å². The molecule has 2 aromatic rings. The molecule has 1 aliphatic rings. The van der Waals surface area contributed by atoms with E-state index >= 15 is 0 Å². The Morgan fingerprint density at radius 1 is 1.21 bits per heavy atom. The fourth-order valence-corrected chi connectivity index (χ4v) is 2.98. The lowest BCUT2D eigenvalue weighted by Crippen LogP contribution is -2.36. The lowest BCUT2D eigenvalue weighted by Gasteiger charge is -2.30. The molecule has 0 amide bonds. The molecule has 1 saturated heterocycles. The van der Waals surface area contributed by atoms with E-state index in [9.17, 15) is 9.90 Å². The number of hydrogen-bond acceptors (Lipinski definition) is 4. The summed E-state index contributed by atoms with van der Waals surface area (Å²) in [4.78, 5) is 13.5. The zero-order chi connectivity index (χ0) is 16.9. The standard InChI is InChI=1S/C19H22N2O3/c1-14-10-16(19(22)23)12-17(11-14)20-13-15-4-2-3-5-18(15)21-6-8-24-9-7-21/h2-5,10-12,20H,6-9,13H2,1H3,(H,22,23). The molecule has 0 bridgehead atoms. The van der Waals surface area contributed by atoms with Crippen molar-refractivity contribution in [2.45, 2.75) is 13.5 Å². The maximum absolute atomic E-state index is 11.2. The van der Waals surface area contributed by atoms with Crippen LogP contribution in [0.1, 0.15) is 21.5 Å². The molecule has 2 aromatic carbocycles. The quantitative estimate of drug-likeness (QED) is 0.884. The van der Waals surface area contributed by atoms with Crippen LogP contribution in [0.4, 0.5) is 11.4 Å². The van der Waals surface area contributed by atoms with Crippen LogP contribution < -0.4 is 10.2 Å². The van der Waals surface area contributed by atoms with Crippen LogP contribution in [0.25, 0.3) is 0 Å². The van der Waals surface area contributed by atoms with Gasteiger partial charge in [0.15, 0.2) is 0 Å². The first-order chi connectivity index (χ1) is 11.6. The van der Waals surface area contributed by atoms with Crippen LogP contribution in [0.15, 0.2) is 42.5 Å². The second kappa shape index (κ2) is 7.36. The van der Waals surface area contributed by atoms with E-state index in [2.05, 4.69) is 22.3 Å². The molecular weight excluding hydrogens is 304 g/mol. The molecule has 2 N–H and O–H groups in total. The number of para-hydroxylation sites is 1. The Kier molecular flexibility index (Phi) is 5.01. The van der Waals surface area contributed by atoms with Gasteiger partial charge in [-0.05, 0) is 42.3 Å². The Labute approximate surface area is 141 Å². The van der Waals surface area contributed by atoms with Gasteiger partial charge in [-0.1, -0.05) is 18.2 Å². The summed E-state index contributed by atoms with van der Waals surface area (Å²) in [5, 5.41) is 12.5. The summed E-state index contributed by atoms with van der Waals surface area (Å²) in [6, 6.07) is 13.6. The Hall–Kier alpha value is -2.53. The number of ether oxygens (including phenoxy) is 1. The number of carboxylic acids is 1. The molecule has 5 nitrogen and oxygen atoms in total. The van der Waals surface area contributed by atoms with E-state index in [0.29, 0.717) is 12.1 Å². The highest BCUT2D eigenvalue weighted by molar-refractivity contribution is 5.89. The number of nitrogens with one attached hydrogen (secondary N) is 1. The predicted octanol–water partition coefficient (Wildman–Crippen LogP) is 3.14. The highest BCUT2D eigenvalue weighted by Gasteiger charge is 2.14. The van der Waals surface area contributed by atoms with Crippen molar-refractivity contribution in [2.24, 2.45) is 0 Å². The third-order valence-electron chi connectivity index (χ3n) is 4.15. The van der Waals surface area contributed by atoms with Crippen molar-refractivity contribution < 1.29 is 14.6 Å². The monoisotopic (exact) mass is 326 g/mol. The normalized spacial score (nSPS) is 14.5. The van der Waals surface area contributed by atoms with Crippen molar-refractivity contribution in [2.75, 3.05) is 36.5 Å². The van der Waals surface area contributed by atoms with Crippen LogP contribution in [-0.2, 0) is 11.3 Å². The molecule has 1 fully saturated rings. The van der Waals surface area contributed by atoms with Gasteiger partial charge in [-0.15, -0.1) is 0 Å². The number of aryl methyl sites for hydroxylation is 1. The lowest BCUT2D eigenvalue weighted by atomic mass is 10.1. The van der Waals surface area contributed by atoms with Gasteiger partial charge in [0.25, 0.3) is 0 Å². The molecule has 0 saturated carbocycles. The molecule has 3 rings (SSSR count). The minimum atomic E-state index is -0.907. The molecule has 0 aromatic heterocycles. The van der Waals surface area contributed by atoms with E-state index in [-0.39, 0.29) is 0 Å². The number of benzene rings is 2. The molecule has 1 aliphatic heterocycles. The van der Waals surface area contributed by atoms with E-state index in [4.69, 9.17) is 4.74 Å². The second-order valence-electron chi connectivity index (χ2n) is 5.97. The molecule has 0 atom stereocenters. The SMILES string of the molecule is Cc1cc(NCc2ccccc2N2CCOCC2)cc(C(=O)O)c1. The predicted molar refractivity (Wildman–Crippen MR) is 94.9 cm³/mol. The average Bonchev–Trinajstić information content (AvgIpc) is 2.60. The summed E-state index contributed by atoms with van der Waals surface area (Å²) in [5.41, 5.74) is 4.46. The number of hydrogen-bond donors (Lipinski definition) is 2. The first kappa shape index (κ1) is 16.3. The summed E-state index contributed by atoms with van der Waals surface area (Å²) >= 11 is 0. The number of aromatic carboxylic acids is 1. The summed E-state index contributed by atoms with van der Waals surface area (Å²) in [7, 11) is 0. The minimum absolute atomic E-state index is 0.305. The van der Waals surface area contributed by atoms with Gasteiger partial charge in [0.2, 0.25) is 0 Å². The van der Waals surface area contributed by atoms with Crippen molar-refractivity contribution in [1.82, 2.24) is 0 Å². The van der Waals surface area contributed by atoms with E-state index < -0.39 is 5.97 Å². The van der Waals surface area contributed by atoms with Crippen molar-refractivity contribution in [3.05, 3.63) is 59.2 Å². The number of anilines is 2. The fraction of sp³-hybridized carbons (Fsp3) is 0.316. The minimum Gasteiger partial charge on any atom is -0.478 e. The molecule has 0 unspecified atom stereocenters. The Bertz CT molecular complexity index is 724. The van der Waals surface area contributed by atoms with Gasteiger partial charge < -0.3 is 20.1 Å². The zero-order valence-electron chi connectivity index (χ0n) is 13.8. The third kappa shape index (κ3) is 3.86. The molecule has 1 heterocycles. The molecule has 0 aliphatic carbocycles. The average molecular weight is 326 g/mol. The Morgan fingerprint density at radius 2 is 1.96 bits per heavy atom. The van der Waals surface area contributed by atoms with Crippen LogP contribution in [0.5, 0.6) is 0 Å². The summed E-state index contributed by atoms with van der Waals surface area (Å²) in [6.45, 7) is 5.84. The van der Waals surface area contributed by atoms with E-state index in [0.717, 1.165) is 37.6 Å². The molecule has 24 heavy (non-hydrogen) atoms. The van der Waals surface area contributed by atoms with Gasteiger partial charge in [0.05, 0.1) is 18.8 Å². The van der Waals surface area contributed by atoms with Gasteiger partial charge in [-0.25, -0.2) is 4.79 Å². The second-order valence-corrected chi connectivity index (χ2v) is 5.97. The zero-order valence-corrected chi connectivity index (χ0v) is 13.8. The Balaban J connectivity index is 1.76. The lowest BCUT2D eigenvalue weighted by molar-refractivity contribution is 0.0697. The van der Waals surface area contributed by atoms with Crippen LogP contribution in [-0.4, -0.2) is 37.4 Å². The van der Waals surface area contributed by atoms with Crippen LogP contribution in [0, 0.1) is 6.92 Å². The number of rotatable bonds is 5. The van der Waals surface area contributed by atoms with E-state index in [1.54, 1.807) is 12.1 Å². The van der Waals surface area contributed by atoms with Gasteiger partial charge in [-0.2, -0.15) is 0 Å². The number of nitrogens with zero attached hydrogens (tertiary/aromatic N) is 1. The first-order valence-electron chi connectivity index (χ1n) is 8.13. The maximum atomic E-state index is 11.2. The summed E-state index contributed by atoms with van der Waals surface area (Å²) in [6.07, 6.45) is 0.